The Morgan fingerprint density at radius 3 is 2.80 bits per heavy atom. The molecule has 0 saturated carbocycles. The Labute approximate surface area is 119 Å². The number of benzene rings is 1. The summed E-state index contributed by atoms with van der Waals surface area (Å²) in [5.74, 6) is -0.651. The minimum absolute atomic E-state index is 0.0672. The molecule has 0 bridgehead atoms. The van der Waals surface area contributed by atoms with Crippen molar-refractivity contribution in [2.45, 2.75) is 12.8 Å². The van der Waals surface area contributed by atoms with Crippen LogP contribution in [0.15, 0.2) is 18.2 Å². The van der Waals surface area contributed by atoms with E-state index in [0.717, 1.165) is 0 Å². The molecule has 1 aromatic rings. The summed E-state index contributed by atoms with van der Waals surface area (Å²) in [5.41, 5.74) is 0.178. The smallest absolute Gasteiger partial charge is 0.271 e. The number of amides is 2. The summed E-state index contributed by atoms with van der Waals surface area (Å²) in [4.78, 5) is 33.0. The van der Waals surface area contributed by atoms with Crippen LogP contribution < -0.4 is 10.6 Å². The predicted octanol–water partition coefficient (Wildman–Crippen LogP) is 1.71. The van der Waals surface area contributed by atoms with Gasteiger partial charge in [0.2, 0.25) is 11.8 Å². The van der Waals surface area contributed by atoms with Crippen molar-refractivity contribution in [1.29, 1.82) is 0 Å². The fourth-order valence-electron chi connectivity index (χ4n) is 1.91. The van der Waals surface area contributed by atoms with Gasteiger partial charge in [0, 0.05) is 25.1 Å². The first-order valence-corrected chi connectivity index (χ1v) is 6.36. The number of nitrogens with zero attached hydrogens (tertiary/aromatic N) is 1. The number of rotatable bonds is 3. The van der Waals surface area contributed by atoms with Crippen LogP contribution in [0, 0.1) is 16.0 Å². The van der Waals surface area contributed by atoms with E-state index in [1.54, 1.807) is 0 Å². The van der Waals surface area contributed by atoms with Crippen LogP contribution in [0.4, 0.5) is 11.4 Å². The molecule has 0 aliphatic carbocycles. The average molecular weight is 298 g/mol. The molecule has 1 saturated heterocycles. The van der Waals surface area contributed by atoms with Crippen LogP contribution >= 0.6 is 11.6 Å². The van der Waals surface area contributed by atoms with Gasteiger partial charge in [-0.15, -0.1) is 0 Å². The summed E-state index contributed by atoms with van der Waals surface area (Å²) in [6, 6.07) is 3.84. The molecule has 0 spiro atoms. The number of halogens is 1. The molecule has 106 valence electrons. The van der Waals surface area contributed by atoms with Gasteiger partial charge in [-0.25, -0.2) is 0 Å². The number of carbonyl (C=O) groups is 2. The molecule has 20 heavy (non-hydrogen) atoms. The van der Waals surface area contributed by atoms with E-state index < -0.39 is 4.92 Å². The maximum Gasteiger partial charge on any atom is 0.271 e. The van der Waals surface area contributed by atoms with Gasteiger partial charge in [-0.1, -0.05) is 11.6 Å². The molecule has 2 rings (SSSR count). The first-order valence-electron chi connectivity index (χ1n) is 5.99. The van der Waals surface area contributed by atoms with Gasteiger partial charge in [0.25, 0.3) is 5.69 Å². The monoisotopic (exact) mass is 297 g/mol. The number of non-ortho nitro benzene ring substituents is 1. The third-order valence-electron chi connectivity index (χ3n) is 3.06. The minimum Gasteiger partial charge on any atom is -0.355 e. The SMILES string of the molecule is O=C1CCC(C(=O)Nc2ccc([N+](=O)[O-])cc2Cl)CN1. The lowest BCUT2D eigenvalue weighted by Gasteiger charge is -2.21. The van der Waals surface area contributed by atoms with Crippen molar-refractivity contribution in [2.75, 3.05) is 11.9 Å². The lowest BCUT2D eigenvalue weighted by Crippen LogP contribution is -2.40. The van der Waals surface area contributed by atoms with Gasteiger partial charge in [-0.05, 0) is 12.5 Å². The topological polar surface area (TPSA) is 101 Å². The summed E-state index contributed by atoms with van der Waals surface area (Å²) < 4.78 is 0. The van der Waals surface area contributed by atoms with Crippen LogP contribution in [0.25, 0.3) is 0 Å². The summed E-state index contributed by atoms with van der Waals surface area (Å²) >= 11 is 5.89. The van der Waals surface area contributed by atoms with E-state index in [4.69, 9.17) is 11.6 Å². The molecular weight excluding hydrogens is 286 g/mol. The molecule has 1 aliphatic rings. The molecule has 1 unspecified atom stereocenters. The summed E-state index contributed by atoms with van der Waals surface area (Å²) in [6.45, 7) is 0.287. The van der Waals surface area contributed by atoms with Gasteiger partial charge in [0.05, 0.1) is 21.6 Å². The Bertz CT molecular complexity index is 566. The molecule has 8 heteroatoms. The van der Waals surface area contributed by atoms with E-state index in [9.17, 15) is 19.7 Å². The molecule has 7 nitrogen and oxygen atoms in total. The number of hydrogen-bond acceptors (Lipinski definition) is 4. The molecule has 1 fully saturated rings. The second-order valence-electron chi connectivity index (χ2n) is 4.45. The Hall–Kier alpha value is -2.15. The van der Waals surface area contributed by atoms with E-state index in [2.05, 4.69) is 10.6 Å². The molecule has 2 amide bonds. The molecule has 1 heterocycles. The molecule has 0 aromatic heterocycles. The number of nitrogens with one attached hydrogen (secondary N) is 2. The second-order valence-corrected chi connectivity index (χ2v) is 4.86. The van der Waals surface area contributed by atoms with E-state index in [1.165, 1.54) is 18.2 Å². The molecule has 2 N–H and O–H groups in total. The molecule has 0 radical (unpaired) electrons. The summed E-state index contributed by atoms with van der Waals surface area (Å²) in [6.07, 6.45) is 0.786. The van der Waals surface area contributed by atoms with Crippen LogP contribution in [-0.4, -0.2) is 23.3 Å². The van der Waals surface area contributed by atoms with Crippen LogP contribution in [0.5, 0.6) is 0 Å². The van der Waals surface area contributed by atoms with E-state index in [1.807, 2.05) is 0 Å². The Morgan fingerprint density at radius 1 is 1.50 bits per heavy atom. The largest absolute Gasteiger partial charge is 0.355 e. The van der Waals surface area contributed by atoms with Crippen molar-refractivity contribution in [3.8, 4) is 0 Å². The van der Waals surface area contributed by atoms with Crippen LogP contribution in [-0.2, 0) is 9.59 Å². The number of carbonyl (C=O) groups excluding carboxylic acids is 2. The van der Waals surface area contributed by atoms with Crippen molar-refractivity contribution in [1.82, 2.24) is 5.32 Å². The predicted molar refractivity (Wildman–Crippen MR) is 72.5 cm³/mol. The second kappa shape index (κ2) is 5.87. The highest BCUT2D eigenvalue weighted by molar-refractivity contribution is 6.34. The van der Waals surface area contributed by atoms with Gasteiger partial charge < -0.3 is 10.6 Å². The number of hydrogen-bond donors (Lipinski definition) is 2. The van der Waals surface area contributed by atoms with Crippen LogP contribution in [0.3, 0.4) is 0 Å². The number of nitro groups is 1. The zero-order valence-corrected chi connectivity index (χ0v) is 11.1. The molecule has 1 aliphatic heterocycles. The van der Waals surface area contributed by atoms with Crippen molar-refractivity contribution in [3.05, 3.63) is 33.3 Å². The number of piperidine rings is 1. The van der Waals surface area contributed by atoms with E-state index in [-0.39, 0.29) is 35.0 Å². The van der Waals surface area contributed by atoms with Crippen molar-refractivity contribution < 1.29 is 14.5 Å². The zero-order chi connectivity index (χ0) is 14.7. The van der Waals surface area contributed by atoms with E-state index >= 15 is 0 Å². The van der Waals surface area contributed by atoms with Gasteiger partial charge in [0.15, 0.2) is 0 Å². The van der Waals surface area contributed by atoms with Gasteiger partial charge in [-0.3, -0.25) is 19.7 Å². The quantitative estimate of drug-likeness (QED) is 0.655. The molecule has 1 aromatic carbocycles. The number of anilines is 1. The van der Waals surface area contributed by atoms with Crippen LogP contribution in [0.1, 0.15) is 12.8 Å². The minimum atomic E-state index is -0.561. The standard InChI is InChI=1S/C12H12ClN3O4/c13-9-5-8(16(19)20)2-3-10(9)15-12(18)7-1-4-11(17)14-6-7/h2-3,5,7H,1,4,6H2,(H,14,17)(H,15,18). The normalized spacial score (nSPS) is 18.2. The fourth-order valence-corrected chi connectivity index (χ4v) is 2.13. The van der Waals surface area contributed by atoms with Gasteiger partial charge in [-0.2, -0.15) is 0 Å². The highest BCUT2D eigenvalue weighted by Gasteiger charge is 2.25. The van der Waals surface area contributed by atoms with Crippen molar-refractivity contribution in [3.63, 3.8) is 0 Å². The first kappa shape index (κ1) is 14.3. The van der Waals surface area contributed by atoms with E-state index in [0.29, 0.717) is 18.5 Å². The van der Waals surface area contributed by atoms with Gasteiger partial charge in [0.1, 0.15) is 0 Å². The van der Waals surface area contributed by atoms with Gasteiger partial charge >= 0.3 is 0 Å². The fraction of sp³-hybridized carbons (Fsp3) is 0.333. The highest BCUT2D eigenvalue weighted by Crippen LogP contribution is 2.27. The molecular formula is C12H12ClN3O4. The van der Waals surface area contributed by atoms with Crippen molar-refractivity contribution >= 4 is 34.8 Å². The third kappa shape index (κ3) is 3.24. The number of nitro benzene ring substituents is 1. The zero-order valence-electron chi connectivity index (χ0n) is 10.4. The molecule has 1 atom stereocenters. The maximum absolute atomic E-state index is 12.0. The Kier molecular flexibility index (Phi) is 4.19. The lowest BCUT2D eigenvalue weighted by molar-refractivity contribution is -0.384. The lowest BCUT2D eigenvalue weighted by atomic mass is 9.98. The summed E-state index contributed by atoms with van der Waals surface area (Å²) in [5, 5.41) is 15.9. The highest BCUT2D eigenvalue weighted by atomic mass is 35.5. The average Bonchev–Trinajstić information content (AvgIpc) is 2.41. The summed E-state index contributed by atoms with van der Waals surface area (Å²) in [7, 11) is 0. The van der Waals surface area contributed by atoms with Crippen LogP contribution in [0.2, 0.25) is 5.02 Å². The Morgan fingerprint density at radius 2 is 2.25 bits per heavy atom. The third-order valence-corrected chi connectivity index (χ3v) is 3.37. The maximum atomic E-state index is 12.0. The van der Waals surface area contributed by atoms with Crippen molar-refractivity contribution in [2.24, 2.45) is 5.92 Å². The first-order chi connectivity index (χ1) is 9.47. The Balaban J connectivity index is 2.04.